The van der Waals surface area contributed by atoms with Gasteiger partial charge in [0.1, 0.15) is 34.6 Å². The van der Waals surface area contributed by atoms with Gasteiger partial charge in [-0.25, -0.2) is 0 Å². The van der Waals surface area contributed by atoms with Gasteiger partial charge in [-0.1, -0.05) is 0 Å². The summed E-state index contributed by atoms with van der Waals surface area (Å²) in [6.45, 7) is 3.97. The fourth-order valence-corrected chi connectivity index (χ4v) is 3.91. The molecule has 28 heavy (non-hydrogen) atoms. The Labute approximate surface area is 165 Å². The fourth-order valence-electron chi connectivity index (χ4n) is 3.91. The molecule has 2 atom stereocenters. The maximum atomic E-state index is 6.07. The lowest BCUT2D eigenvalue weighted by Crippen LogP contribution is -2.19. The van der Waals surface area contributed by atoms with Crippen LogP contribution < -0.4 is 0 Å². The molecule has 4 aromatic rings. The zero-order valence-corrected chi connectivity index (χ0v) is 16.4. The Balaban J connectivity index is 1.61. The van der Waals surface area contributed by atoms with Crippen molar-refractivity contribution >= 4 is 0 Å². The summed E-state index contributed by atoms with van der Waals surface area (Å²) in [6, 6.07) is 16.2. The minimum absolute atomic E-state index is 0.231. The Hall–Kier alpha value is -2.88. The van der Waals surface area contributed by atoms with Crippen molar-refractivity contribution in [2.45, 2.75) is 45.4 Å². The molecule has 0 aliphatic rings. The average molecular weight is 378 g/mol. The summed E-state index contributed by atoms with van der Waals surface area (Å²) in [6.07, 6.45) is 6.92. The highest BCUT2D eigenvalue weighted by Crippen LogP contribution is 2.36. The molecule has 0 saturated heterocycles. The third-order valence-electron chi connectivity index (χ3n) is 5.28. The molecule has 0 aliphatic carbocycles. The minimum Gasteiger partial charge on any atom is -0.469 e. The van der Waals surface area contributed by atoms with Crippen LogP contribution in [-0.2, 0) is 19.3 Å². The van der Waals surface area contributed by atoms with Gasteiger partial charge >= 0.3 is 0 Å². The summed E-state index contributed by atoms with van der Waals surface area (Å²) in [5.74, 6) is 6.39. The first kappa shape index (κ1) is 18.5. The molecule has 0 saturated carbocycles. The molecule has 4 nitrogen and oxygen atoms in total. The van der Waals surface area contributed by atoms with Gasteiger partial charge < -0.3 is 17.7 Å². The van der Waals surface area contributed by atoms with E-state index in [0.717, 1.165) is 60.2 Å². The van der Waals surface area contributed by atoms with E-state index in [1.807, 2.05) is 50.2 Å². The van der Waals surface area contributed by atoms with Gasteiger partial charge in [0.25, 0.3) is 0 Å². The van der Waals surface area contributed by atoms with Gasteiger partial charge in [-0.15, -0.1) is 0 Å². The molecule has 0 aromatic carbocycles. The van der Waals surface area contributed by atoms with Crippen LogP contribution in [0.2, 0.25) is 0 Å². The van der Waals surface area contributed by atoms with Gasteiger partial charge in [-0.3, -0.25) is 0 Å². The van der Waals surface area contributed by atoms with Crippen molar-refractivity contribution in [1.29, 1.82) is 0 Å². The highest BCUT2D eigenvalue weighted by molar-refractivity contribution is 5.16. The third kappa shape index (κ3) is 4.50. The van der Waals surface area contributed by atoms with Crippen LogP contribution in [-0.4, -0.2) is 0 Å². The number of furan rings is 4. The second-order valence-corrected chi connectivity index (χ2v) is 7.43. The molecule has 4 rings (SSSR count). The topological polar surface area (TPSA) is 52.6 Å². The maximum absolute atomic E-state index is 6.07. The molecule has 0 amide bonds. The zero-order valence-electron chi connectivity index (χ0n) is 16.4. The Morgan fingerprint density at radius 2 is 1.39 bits per heavy atom. The monoisotopic (exact) mass is 378 g/mol. The van der Waals surface area contributed by atoms with Crippen LogP contribution in [0.3, 0.4) is 0 Å². The predicted molar refractivity (Wildman–Crippen MR) is 106 cm³/mol. The third-order valence-corrected chi connectivity index (χ3v) is 5.28. The van der Waals surface area contributed by atoms with Crippen molar-refractivity contribution in [2.24, 2.45) is 5.92 Å². The van der Waals surface area contributed by atoms with Gasteiger partial charge in [0.15, 0.2) is 0 Å². The summed E-state index contributed by atoms with van der Waals surface area (Å²) in [7, 11) is 0. The van der Waals surface area contributed by atoms with Crippen LogP contribution in [0.25, 0.3) is 0 Å². The smallest absolute Gasteiger partial charge is 0.107 e. The molecule has 2 unspecified atom stereocenters. The molecule has 4 heteroatoms. The van der Waals surface area contributed by atoms with Gasteiger partial charge in [0.05, 0.1) is 12.5 Å². The Bertz CT molecular complexity index is 956. The summed E-state index contributed by atoms with van der Waals surface area (Å²) in [5, 5.41) is 0. The van der Waals surface area contributed by atoms with Gasteiger partial charge in [0, 0.05) is 25.2 Å². The van der Waals surface area contributed by atoms with Crippen LogP contribution in [0.4, 0.5) is 0 Å². The van der Waals surface area contributed by atoms with Crippen molar-refractivity contribution in [3.8, 4) is 0 Å². The second kappa shape index (κ2) is 8.42. The molecule has 0 aliphatic heterocycles. The van der Waals surface area contributed by atoms with Gasteiger partial charge in [-0.2, -0.15) is 0 Å². The Morgan fingerprint density at radius 1 is 0.714 bits per heavy atom. The molecule has 0 fully saturated rings. The molecule has 0 radical (unpaired) electrons. The highest BCUT2D eigenvalue weighted by Gasteiger charge is 2.28. The largest absolute Gasteiger partial charge is 0.469 e. The van der Waals surface area contributed by atoms with Crippen LogP contribution in [0.1, 0.15) is 46.9 Å². The Morgan fingerprint density at radius 3 is 2.00 bits per heavy atom. The summed E-state index contributed by atoms with van der Waals surface area (Å²) in [5.41, 5.74) is 0. The van der Waals surface area contributed by atoms with E-state index in [4.69, 9.17) is 17.7 Å². The normalized spacial score (nSPS) is 13.6. The van der Waals surface area contributed by atoms with Crippen LogP contribution in [0, 0.1) is 19.8 Å². The zero-order chi connectivity index (χ0) is 19.3. The summed E-state index contributed by atoms with van der Waals surface area (Å²) in [4.78, 5) is 0. The van der Waals surface area contributed by atoms with Crippen molar-refractivity contribution in [3.05, 3.63) is 95.6 Å². The number of hydrogen-bond donors (Lipinski definition) is 0. The van der Waals surface area contributed by atoms with E-state index < -0.39 is 0 Å². The maximum Gasteiger partial charge on any atom is 0.107 e. The first-order valence-electron chi connectivity index (χ1n) is 9.84. The van der Waals surface area contributed by atoms with Crippen molar-refractivity contribution in [3.63, 3.8) is 0 Å². The number of rotatable bonds is 9. The lowest BCUT2D eigenvalue weighted by molar-refractivity contribution is 0.296. The molecular weight excluding hydrogens is 352 g/mol. The lowest BCUT2D eigenvalue weighted by Gasteiger charge is -2.24. The summed E-state index contributed by atoms with van der Waals surface area (Å²) >= 11 is 0. The van der Waals surface area contributed by atoms with Crippen molar-refractivity contribution in [2.75, 3.05) is 0 Å². The van der Waals surface area contributed by atoms with Crippen LogP contribution >= 0.6 is 0 Å². The van der Waals surface area contributed by atoms with E-state index in [2.05, 4.69) is 12.1 Å². The van der Waals surface area contributed by atoms with Crippen molar-refractivity contribution in [1.82, 2.24) is 0 Å². The average Bonchev–Trinajstić information content (AvgIpc) is 3.45. The van der Waals surface area contributed by atoms with Gasteiger partial charge in [0.2, 0.25) is 0 Å². The van der Waals surface area contributed by atoms with E-state index in [1.54, 1.807) is 12.5 Å². The number of hydrogen-bond acceptors (Lipinski definition) is 4. The van der Waals surface area contributed by atoms with Gasteiger partial charge in [-0.05, 0) is 74.7 Å². The lowest BCUT2D eigenvalue weighted by atomic mass is 9.80. The van der Waals surface area contributed by atoms with E-state index in [-0.39, 0.29) is 11.8 Å². The molecule has 0 N–H and O–H groups in total. The molecule has 146 valence electrons. The second-order valence-electron chi connectivity index (χ2n) is 7.43. The van der Waals surface area contributed by atoms with Crippen molar-refractivity contribution < 1.29 is 17.7 Å². The fraction of sp³-hybridized carbons (Fsp3) is 0.333. The number of aryl methyl sites for hydroxylation is 3. The molecule has 0 spiro atoms. The molecular formula is C24H26O4. The summed E-state index contributed by atoms with van der Waals surface area (Å²) < 4.78 is 23.2. The SMILES string of the molecule is Cc1ccc(CC(Cc2ccco2)C(CCc2ccco2)c2ccc(C)o2)o1. The quantitative estimate of drug-likeness (QED) is 0.334. The van der Waals surface area contributed by atoms with E-state index >= 15 is 0 Å². The molecule has 4 heterocycles. The first-order chi connectivity index (χ1) is 13.7. The molecule has 4 aromatic heterocycles. The van der Waals surface area contributed by atoms with E-state index in [1.165, 1.54) is 0 Å². The highest BCUT2D eigenvalue weighted by atomic mass is 16.3. The molecule has 0 bridgehead atoms. The van der Waals surface area contributed by atoms with E-state index in [9.17, 15) is 0 Å². The van der Waals surface area contributed by atoms with Crippen LogP contribution in [0.15, 0.2) is 78.7 Å². The minimum atomic E-state index is 0.231. The Kier molecular flexibility index (Phi) is 5.56. The standard InChI is InChI=1S/C24H26O4/c1-17-7-9-22(27-17)16-19(15-21-6-4-14-26-21)23(24-12-8-18(2)28-24)11-10-20-5-3-13-25-20/h3-9,12-14,19,23H,10-11,15-16H2,1-2H3. The first-order valence-corrected chi connectivity index (χ1v) is 9.84. The predicted octanol–water partition coefficient (Wildman–Crippen LogP) is 6.49. The van der Waals surface area contributed by atoms with Crippen LogP contribution in [0.5, 0.6) is 0 Å². The van der Waals surface area contributed by atoms with E-state index in [0.29, 0.717) is 0 Å².